The fourth-order valence-electron chi connectivity index (χ4n) is 6.39. The lowest BCUT2D eigenvalue weighted by Gasteiger charge is -2.33. The van der Waals surface area contributed by atoms with Crippen molar-refractivity contribution < 1.29 is 18.0 Å². The minimum atomic E-state index is -2.46. The zero-order valence-corrected chi connectivity index (χ0v) is 22.3. The topological polar surface area (TPSA) is 67.0 Å². The van der Waals surface area contributed by atoms with Crippen molar-refractivity contribution in [3.8, 4) is 11.3 Å². The van der Waals surface area contributed by atoms with Gasteiger partial charge in [-0.3, -0.25) is 4.98 Å². The first-order valence-electron chi connectivity index (χ1n) is 15.3. The van der Waals surface area contributed by atoms with Crippen LogP contribution in [0.4, 0.5) is 4.39 Å². The number of fused-ring (bicyclic) bond motifs is 3. The molecule has 2 aliphatic heterocycles. The average Bonchev–Trinajstić information content (AvgIpc) is 3.57. The third-order valence-electron chi connectivity index (χ3n) is 8.28. The van der Waals surface area contributed by atoms with Crippen molar-refractivity contribution in [3.05, 3.63) is 83.4 Å². The van der Waals surface area contributed by atoms with E-state index in [4.69, 9.17) is 18.6 Å². The standard InChI is InChI=1S/C32H32FN5O2/c1-20-30(37(2)36-35-20)24-18-27-29(34-19-24)26-9-8-25(21-10-14-39-15-11-21)28(33)32(26)38(27)31(22-6-4-3-5-7-22)23-12-16-40-17-13-23/h3-10,18-19,23,31H,11-17H2,1-2H3/t31-/m1/s1/i1D3. The van der Waals surface area contributed by atoms with E-state index in [2.05, 4.69) is 27.0 Å². The van der Waals surface area contributed by atoms with Crippen LogP contribution < -0.4 is 0 Å². The van der Waals surface area contributed by atoms with Gasteiger partial charge in [-0.25, -0.2) is 9.07 Å². The maximum Gasteiger partial charge on any atom is 0.155 e. The molecule has 40 heavy (non-hydrogen) atoms. The molecule has 2 aliphatic rings. The molecule has 0 spiro atoms. The van der Waals surface area contributed by atoms with Crippen LogP contribution in [0, 0.1) is 18.6 Å². The molecule has 0 saturated carbocycles. The Hall–Kier alpha value is -3.88. The van der Waals surface area contributed by atoms with Gasteiger partial charge in [-0.05, 0) is 55.3 Å². The largest absolute Gasteiger partial charge is 0.381 e. The van der Waals surface area contributed by atoms with Crippen molar-refractivity contribution in [2.45, 2.75) is 32.2 Å². The second kappa shape index (κ2) is 10.3. The molecule has 2 aromatic carbocycles. The molecule has 0 amide bonds. The van der Waals surface area contributed by atoms with E-state index in [1.807, 2.05) is 42.5 Å². The van der Waals surface area contributed by atoms with Crippen molar-refractivity contribution in [1.82, 2.24) is 24.5 Å². The molecule has 5 aromatic rings. The van der Waals surface area contributed by atoms with Crippen LogP contribution in [0.15, 0.2) is 60.8 Å². The Morgan fingerprint density at radius 2 is 1.93 bits per heavy atom. The van der Waals surface area contributed by atoms with E-state index in [-0.39, 0.29) is 23.5 Å². The first-order chi connectivity index (χ1) is 20.8. The predicted octanol–water partition coefficient (Wildman–Crippen LogP) is 6.25. The first-order valence-corrected chi connectivity index (χ1v) is 13.8. The summed E-state index contributed by atoms with van der Waals surface area (Å²) < 4.78 is 56.0. The van der Waals surface area contributed by atoms with E-state index >= 15 is 4.39 Å². The minimum absolute atomic E-state index is 0.0947. The lowest BCUT2D eigenvalue weighted by Crippen LogP contribution is -2.27. The quantitative estimate of drug-likeness (QED) is 0.264. The van der Waals surface area contributed by atoms with Crippen molar-refractivity contribution in [1.29, 1.82) is 0 Å². The van der Waals surface area contributed by atoms with Crippen LogP contribution in [0.5, 0.6) is 0 Å². The fraction of sp³-hybridized carbons (Fsp3) is 0.344. The van der Waals surface area contributed by atoms with Crippen LogP contribution in [-0.2, 0) is 16.5 Å². The molecule has 1 fully saturated rings. The van der Waals surface area contributed by atoms with Gasteiger partial charge < -0.3 is 14.0 Å². The van der Waals surface area contributed by atoms with Crippen molar-refractivity contribution in [3.63, 3.8) is 0 Å². The van der Waals surface area contributed by atoms with Gasteiger partial charge in [-0.1, -0.05) is 47.7 Å². The monoisotopic (exact) mass is 540 g/mol. The lowest BCUT2D eigenvalue weighted by molar-refractivity contribution is 0.0552. The predicted molar refractivity (Wildman–Crippen MR) is 153 cm³/mol. The summed E-state index contributed by atoms with van der Waals surface area (Å²) in [5.74, 6) is -0.108. The van der Waals surface area contributed by atoms with Gasteiger partial charge in [0, 0.05) is 47.1 Å². The van der Waals surface area contributed by atoms with Crippen molar-refractivity contribution in [2.75, 3.05) is 26.4 Å². The smallest absolute Gasteiger partial charge is 0.155 e. The number of nitrogens with zero attached hydrogens (tertiary/aromatic N) is 5. The van der Waals surface area contributed by atoms with Crippen LogP contribution in [-0.4, -0.2) is 51.0 Å². The zero-order valence-electron chi connectivity index (χ0n) is 25.3. The highest BCUT2D eigenvalue weighted by atomic mass is 19.1. The molecule has 7 nitrogen and oxygen atoms in total. The number of hydrogen-bond donors (Lipinski definition) is 0. The van der Waals surface area contributed by atoms with Gasteiger partial charge in [0.15, 0.2) is 5.82 Å². The van der Waals surface area contributed by atoms with Crippen molar-refractivity contribution in [2.24, 2.45) is 13.0 Å². The molecule has 7 rings (SSSR count). The summed E-state index contributed by atoms with van der Waals surface area (Å²) in [6.07, 6.45) is 5.88. The highest BCUT2D eigenvalue weighted by Gasteiger charge is 2.32. The van der Waals surface area contributed by atoms with Gasteiger partial charge in [-0.15, -0.1) is 5.10 Å². The Balaban J connectivity index is 1.56. The number of ether oxygens (including phenoxy) is 2. The number of rotatable bonds is 5. The Kier molecular flexibility index (Phi) is 5.61. The van der Waals surface area contributed by atoms with E-state index in [1.54, 1.807) is 13.2 Å². The Morgan fingerprint density at radius 3 is 2.70 bits per heavy atom. The summed E-state index contributed by atoms with van der Waals surface area (Å²) in [7, 11) is 1.67. The molecule has 3 aromatic heterocycles. The molecule has 0 unspecified atom stereocenters. The molecule has 0 radical (unpaired) electrons. The van der Waals surface area contributed by atoms with Gasteiger partial charge >= 0.3 is 0 Å². The van der Waals surface area contributed by atoms with Crippen LogP contribution >= 0.6 is 0 Å². The first kappa shape index (κ1) is 21.9. The molecule has 0 N–H and O–H groups in total. The number of benzene rings is 2. The highest BCUT2D eigenvalue weighted by Crippen LogP contribution is 2.43. The normalized spacial score (nSPS) is 18.9. The maximum atomic E-state index is 17.0. The summed E-state index contributed by atoms with van der Waals surface area (Å²) in [5.41, 5.74) is 5.27. The Morgan fingerprint density at radius 1 is 1.07 bits per heavy atom. The molecule has 5 heterocycles. The molecule has 8 heteroatoms. The summed E-state index contributed by atoms with van der Waals surface area (Å²) >= 11 is 0. The molecular weight excluding hydrogens is 505 g/mol. The second-order valence-corrected chi connectivity index (χ2v) is 10.6. The minimum Gasteiger partial charge on any atom is -0.381 e. The van der Waals surface area contributed by atoms with Gasteiger partial charge in [0.25, 0.3) is 0 Å². The molecule has 204 valence electrons. The van der Waals surface area contributed by atoms with E-state index < -0.39 is 6.85 Å². The number of pyridine rings is 1. The third-order valence-corrected chi connectivity index (χ3v) is 8.28. The van der Waals surface area contributed by atoms with Crippen LogP contribution in [0.1, 0.15) is 46.2 Å². The van der Waals surface area contributed by atoms with Gasteiger partial charge in [0.1, 0.15) is 0 Å². The van der Waals surface area contributed by atoms with Gasteiger partial charge in [0.05, 0.1) is 47.2 Å². The number of hydrogen-bond acceptors (Lipinski definition) is 5. The summed E-state index contributed by atoms with van der Waals surface area (Å²) in [4.78, 5) is 4.86. The average molecular weight is 541 g/mol. The molecule has 1 saturated heterocycles. The lowest BCUT2D eigenvalue weighted by atomic mass is 9.86. The van der Waals surface area contributed by atoms with Crippen molar-refractivity contribution >= 4 is 27.5 Å². The van der Waals surface area contributed by atoms with E-state index in [1.165, 1.54) is 4.68 Å². The number of aryl methyl sites for hydroxylation is 2. The van der Waals surface area contributed by atoms with Crippen LogP contribution in [0.25, 0.3) is 38.8 Å². The van der Waals surface area contributed by atoms with Crippen LogP contribution in [0.2, 0.25) is 0 Å². The summed E-state index contributed by atoms with van der Waals surface area (Å²) in [6, 6.07) is 15.7. The molecule has 1 atom stereocenters. The van der Waals surface area contributed by atoms with Crippen LogP contribution in [0.3, 0.4) is 0 Å². The van der Waals surface area contributed by atoms with E-state index in [0.717, 1.165) is 29.5 Å². The number of aromatic nitrogens is 5. The van der Waals surface area contributed by atoms with Gasteiger partial charge in [0.2, 0.25) is 0 Å². The molecule has 0 bridgehead atoms. The third kappa shape index (κ3) is 4.14. The molecular formula is C32H32FN5O2. The maximum absolute atomic E-state index is 17.0. The van der Waals surface area contributed by atoms with E-state index in [9.17, 15) is 0 Å². The fourth-order valence-corrected chi connectivity index (χ4v) is 6.39. The number of halogens is 1. The molecule has 0 aliphatic carbocycles. The van der Waals surface area contributed by atoms with E-state index in [0.29, 0.717) is 66.1 Å². The zero-order chi connectivity index (χ0) is 29.7. The highest BCUT2D eigenvalue weighted by molar-refractivity contribution is 6.08. The summed E-state index contributed by atoms with van der Waals surface area (Å²) in [6.45, 7) is -0.176. The van der Waals surface area contributed by atoms with Gasteiger partial charge in [-0.2, -0.15) is 0 Å². The summed E-state index contributed by atoms with van der Waals surface area (Å²) in [5, 5.41) is 8.70. The SMILES string of the molecule is [2H]C([2H])([2H])c1nnn(C)c1-c1cnc2c3ccc(C4=CCOCC4)c(F)c3n([C@H](c3ccccc3)C3CCOCC3)c2c1. The Bertz CT molecular complexity index is 1840. The second-order valence-electron chi connectivity index (χ2n) is 10.6. The Labute approximate surface area is 236 Å².